The fourth-order valence-electron chi connectivity index (χ4n) is 2.87. The first-order chi connectivity index (χ1) is 13.1. The van der Waals surface area contributed by atoms with Gasteiger partial charge in [0.1, 0.15) is 5.75 Å². The summed E-state index contributed by atoms with van der Waals surface area (Å²) < 4.78 is 42.2. The van der Waals surface area contributed by atoms with Crippen LogP contribution in [0.4, 0.5) is 13.2 Å². The zero-order valence-electron chi connectivity index (χ0n) is 16.4. The number of likely N-dealkylation sites (N-methyl/N-ethyl adjacent to an activating group) is 1. The Labute approximate surface area is 167 Å². The van der Waals surface area contributed by atoms with Crippen molar-refractivity contribution in [1.82, 2.24) is 10.2 Å². The molecule has 0 fully saturated rings. The average molecular weight is 414 g/mol. The number of nitrogens with zero attached hydrogens (tertiary/aromatic N) is 1. The Morgan fingerprint density at radius 2 is 1.93 bits per heavy atom. The molecular formula is C20H25F3N2O2S. The third kappa shape index (κ3) is 6.53. The number of aryl methyl sites for hydroxylation is 2. The van der Waals surface area contributed by atoms with Crippen LogP contribution in [0.5, 0.6) is 5.75 Å². The zero-order valence-corrected chi connectivity index (χ0v) is 17.2. The summed E-state index contributed by atoms with van der Waals surface area (Å²) >= 11 is 1.59. The second kappa shape index (κ2) is 9.43. The van der Waals surface area contributed by atoms with Crippen molar-refractivity contribution in [2.24, 2.45) is 0 Å². The first kappa shape index (κ1) is 22.2. The van der Waals surface area contributed by atoms with Crippen molar-refractivity contribution < 1.29 is 22.7 Å². The van der Waals surface area contributed by atoms with Crippen LogP contribution in [0.15, 0.2) is 29.6 Å². The van der Waals surface area contributed by atoms with E-state index >= 15 is 0 Å². The molecule has 1 heterocycles. The maximum Gasteiger partial charge on any atom is 0.422 e. The fourth-order valence-corrected chi connectivity index (χ4v) is 3.52. The number of thiophene rings is 1. The number of alkyl halides is 3. The highest BCUT2D eigenvalue weighted by Gasteiger charge is 2.29. The first-order valence-corrected chi connectivity index (χ1v) is 9.75. The normalized spacial score (nSPS) is 12.9. The van der Waals surface area contributed by atoms with Crippen LogP contribution in [0.2, 0.25) is 0 Å². The van der Waals surface area contributed by atoms with Crippen LogP contribution in [-0.4, -0.2) is 36.7 Å². The maximum atomic E-state index is 12.4. The predicted octanol–water partition coefficient (Wildman–Crippen LogP) is 4.44. The Balaban J connectivity index is 1.96. The van der Waals surface area contributed by atoms with E-state index in [1.807, 2.05) is 36.4 Å². The number of hydrogen-bond acceptors (Lipinski definition) is 4. The van der Waals surface area contributed by atoms with E-state index in [1.54, 1.807) is 37.3 Å². The number of carbonyl (C=O) groups excluding carboxylic acids is 1. The topological polar surface area (TPSA) is 41.6 Å². The van der Waals surface area contributed by atoms with Gasteiger partial charge in [0.25, 0.3) is 0 Å². The van der Waals surface area contributed by atoms with E-state index in [2.05, 4.69) is 5.32 Å². The highest BCUT2D eigenvalue weighted by Crippen LogP contribution is 2.27. The molecule has 8 heteroatoms. The first-order valence-electron chi connectivity index (χ1n) is 8.87. The Morgan fingerprint density at radius 3 is 2.46 bits per heavy atom. The number of amides is 1. The number of benzene rings is 1. The third-order valence-electron chi connectivity index (χ3n) is 4.39. The SMILES string of the molecule is Cc1cc(CN(C)C(C)C(=O)NCc2cccs2)cc(C)c1OCC(F)(F)F. The highest BCUT2D eigenvalue weighted by atomic mass is 32.1. The molecule has 1 unspecified atom stereocenters. The van der Waals surface area contributed by atoms with Gasteiger partial charge in [-0.3, -0.25) is 9.69 Å². The molecule has 0 aliphatic rings. The highest BCUT2D eigenvalue weighted by molar-refractivity contribution is 7.09. The van der Waals surface area contributed by atoms with Gasteiger partial charge >= 0.3 is 6.18 Å². The van der Waals surface area contributed by atoms with E-state index in [9.17, 15) is 18.0 Å². The number of carbonyl (C=O) groups is 1. The van der Waals surface area contributed by atoms with Gasteiger partial charge in [-0.05, 0) is 56.0 Å². The molecule has 2 aromatic rings. The van der Waals surface area contributed by atoms with E-state index in [1.165, 1.54) is 0 Å². The molecule has 1 N–H and O–H groups in total. The predicted molar refractivity (Wildman–Crippen MR) is 105 cm³/mol. The zero-order chi connectivity index (χ0) is 20.9. The molecular weight excluding hydrogens is 389 g/mol. The van der Waals surface area contributed by atoms with E-state index in [4.69, 9.17) is 4.74 Å². The van der Waals surface area contributed by atoms with E-state index in [0.717, 1.165) is 10.4 Å². The summed E-state index contributed by atoms with van der Waals surface area (Å²) in [4.78, 5) is 15.3. The van der Waals surface area contributed by atoms with Gasteiger partial charge in [0.15, 0.2) is 6.61 Å². The smallest absolute Gasteiger partial charge is 0.422 e. The van der Waals surface area contributed by atoms with Gasteiger partial charge in [0.05, 0.1) is 12.6 Å². The van der Waals surface area contributed by atoms with Gasteiger partial charge in [-0.15, -0.1) is 11.3 Å². The Hall–Kier alpha value is -2.06. The minimum absolute atomic E-state index is 0.0746. The lowest BCUT2D eigenvalue weighted by atomic mass is 10.0. The third-order valence-corrected chi connectivity index (χ3v) is 5.27. The molecule has 28 heavy (non-hydrogen) atoms. The second-order valence-electron chi connectivity index (χ2n) is 6.85. The minimum Gasteiger partial charge on any atom is -0.484 e. The summed E-state index contributed by atoms with van der Waals surface area (Å²) in [6.07, 6.45) is -4.37. The Morgan fingerprint density at radius 1 is 1.29 bits per heavy atom. The molecule has 0 saturated carbocycles. The van der Waals surface area contributed by atoms with Crippen LogP contribution >= 0.6 is 11.3 Å². The number of halogens is 3. The Bertz CT molecular complexity index is 768. The summed E-state index contributed by atoms with van der Waals surface area (Å²) in [5.41, 5.74) is 2.19. The van der Waals surface area contributed by atoms with E-state index in [0.29, 0.717) is 24.2 Å². The molecule has 0 radical (unpaired) electrons. The number of nitrogens with one attached hydrogen (secondary N) is 1. The van der Waals surface area contributed by atoms with Crippen LogP contribution in [0, 0.1) is 13.8 Å². The second-order valence-corrected chi connectivity index (χ2v) is 7.88. The van der Waals surface area contributed by atoms with Gasteiger partial charge in [0.2, 0.25) is 5.91 Å². The molecule has 4 nitrogen and oxygen atoms in total. The molecule has 1 amide bonds. The summed E-state index contributed by atoms with van der Waals surface area (Å²) in [7, 11) is 1.84. The van der Waals surface area contributed by atoms with Crippen molar-refractivity contribution in [2.45, 2.75) is 46.1 Å². The van der Waals surface area contributed by atoms with Gasteiger partial charge in [0, 0.05) is 11.4 Å². The van der Waals surface area contributed by atoms with Crippen LogP contribution in [0.1, 0.15) is 28.5 Å². The molecule has 1 aromatic heterocycles. The van der Waals surface area contributed by atoms with Gasteiger partial charge in [-0.25, -0.2) is 0 Å². The summed E-state index contributed by atoms with van der Waals surface area (Å²) in [5, 5.41) is 4.88. The summed E-state index contributed by atoms with van der Waals surface area (Å²) in [6.45, 7) is 4.95. The van der Waals surface area contributed by atoms with Crippen molar-refractivity contribution >= 4 is 17.2 Å². The molecule has 0 aliphatic heterocycles. The molecule has 1 aromatic carbocycles. The number of rotatable bonds is 8. The lowest BCUT2D eigenvalue weighted by Gasteiger charge is -2.24. The van der Waals surface area contributed by atoms with Crippen molar-refractivity contribution in [3.05, 3.63) is 51.2 Å². The van der Waals surface area contributed by atoms with Gasteiger partial charge < -0.3 is 10.1 Å². The number of hydrogen-bond donors (Lipinski definition) is 1. The molecule has 1 atom stereocenters. The van der Waals surface area contributed by atoms with Crippen molar-refractivity contribution in [1.29, 1.82) is 0 Å². The van der Waals surface area contributed by atoms with Gasteiger partial charge in [-0.1, -0.05) is 18.2 Å². The molecule has 0 spiro atoms. The lowest BCUT2D eigenvalue weighted by Crippen LogP contribution is -2.42. The lowest BCUT2D eigenvalue weighted by molar-refractivity contribution is -0.153. The molecule has 2 rings (SSSR count). The van der Waals surface area contributed by atoms with Crippen LogP contribution < -0.4 is 10.1 Å². The minimum atomic E-state index is -4.37. The van der Waals surface area contributed by atoms with Crippen LogP contribution in [0.25, 0.3) is 0 Å². The summed E-state index contributed by atoms with van der Waals surface area (Å²) in [5.74, 6) is 0.181. The number of ether oxygens (including phenoxy) is 1. The monoisotopic (exact) mass is 414 g/mol. The van der Waals surface area contributed by atoms with Crippen LogP contribution in [-0.2, 0) is 17.9 Å². The fraction of sp³-hybridized carbons (Fsp3) is 0.450. The average Bonchev–Trinajstić information content (AvgIpc) is 3.10. The molecule has 0 saturated heterocycles. The molecule has 0 aliphatic carbocycles. The van der Waals surface area contributed by atoms with Crippen molar-refractivity contribution in [3.8, 4) is 5.75 Å². The quantitative estimate of drug-likeness (QED) is 0.694. The van der Waals surface area contributed by atoms with Crippen LogP contribution in [0.3, 0.4) is 0 Å². The molecule has 154 valence electrons. The molecule has 0 bridgehead atoms. The van der Waals surface area contributed by atoms with E-state index in [-0.39, 0.29) is 17.7 Å². The standard InChI is InChI=1S/C20H25F3N2O2S/c1-13-8-16(9-14(2)18(13)27-12-20(21,22)23)11-25(4)15(3)19(26)24-10-17-6-5-7-28-17/h5-9,15H,10-12H2,1-4H3,(H,24,26). The largest absolute Gasteiger partial charge is 0.484 e. The van der Waals surface area contributed by atoms with E-state index < -0.39 is 12.8 Å². The Kier molecular flexibility index (Phi) is 7.48. The van der Waals surface area contributed by atoms with Gasteiger partial charge in [-0.2, -0.15) is 13.2 Å². The summed E-state index contributed by atoms with van der Waals surface area (Å²) in [6, 6.07) is 7.15. The van der Waals surface area contributed by atoms with Crippen molar-refractivity contribution in [3.63, 3.8) is 0 Å². The van der Waals surface area contributed by atoms with Crippen molar-refractivity contribution in [2.75, 3.05) is 13.7 Å². The maximum absolute atomic E-state index is 12.4.